The molecule has 2 saturated heterocycles. The Labute approximate surface area is 268 Å². The van der Waals surface area contributed by atoms with Gasteiger partial charge >= 0.3 is 0 Å². The Morgan fingerprint density at radius 1 is 1.20 bits per heavy atom. The molecule has 0 unspecified atom stereocenters. The number of aryl methyl sites for hydroxylation is 2. The molecular formula is C35H50N8S. The minimum absolute atomic E-state index is 0.0977. The second kappa shape index (κ2) is 13.8. The predicted octanol–water partition coefficient (Wildman–Crippen LogP) is 6.67. The summed E-state index contributed by atoms with van der Waals surface area (Å²) in [6.07, 6.45) is 9.14. The van der Waals surface area contributed by atoms with Crippen molar-refractivity contribution in [1.29, 1.82) is 10.7 Å². The van der Waals surface area contributed by atoms with E-state index in [0.717, 1.165) is 99.5 Å². The highest BCUT2D eigenvalue weighted by Crippen LogP contribution is 2.46. The second-order valence-corrected chi connectivity index (χ2v) is 14.2. The zero-order valence-electron chi connectivity index (χ0n) is 27.4. The Bertz CT molecular complexity index is 1470. The molecule has 3 aliphatic rings. The fourth-order valence-corrected chi connectivity index (χ4v) is 8.74. The maximum atomic E-state index is 9.97. The van der Waals surface area contributed by atoms with Gasteiger partial charge in [-0.15, -0.1) is 11.3 Å². The van der Waals surface area contributed by atoms with Crippen LogP contribution in [0.4, 0.5) is 10.8 Å². The van der Waals surface area contributed by atoms with Gasteiger partial charge in [-0.2, -0.15) is 5.26 Å². The molecule has 3 atom stereocenters. The molecular weight excluding hydrogens is 565 g/mol. The van der Waals surface area contributed by atoms with Crippen molar-refractivity contribution in [1.82, 2.24) is 19.8 Å². The van der Waals surface area contributed by atoms with Crippen LogP contribution in [0.2, 0.25) is 0 Å². The van der Waals surface area contributed by atoms with Gasteiger partial charge in [0.2, 0.25) is 0 Å². The smallest absolute Gasteiger partial charge is 0.179 e. The minimum Gasteiger partial charge on any atom is -0.389 e. The lowest BCUT2D eigenvalue weighted by molar-refractivity contribution is 0.243. The van der Waals surface area contributed by atoms with Gasteiger partial charge in [-0.25, -0.2) is 9.97 Å². The number of thiophene rings is 1. The lowest BCUT2D eigenvalue weighted by Crippen LogP contribution is -2.51. The van der Waals surface area contributed by atoms with Crippen molar-refractivity contribution in [3.63, 3.8) is 0 Å². The van der Waals surface area contributed by atoms with Crippen LogP contribution in [0.15, 0.2) is 29.5 Å². The van der Waals surface area contributed by atoms with Crippen molar-refractivity contribution >= 4 is 27.9 Å². The van der Waals surface area contributed by atoms with Gasteiger partial charge in [0.1, 0.15) is 22.6 Å². The molecule has 2 aromatic heterocycles. The molecule has 44 heavy (non-hydrogen) atoms. The average molecular weight is 615 g/mol. The number of likely N-dealkylation sites (tertiary alicyclic amines) is 1. The maximum Gasteiger partial charge on any atom is 0.179 e. The molecule has 4 heterocycles. The largest absolute Gasteiger partial charge is 0.389 e. The molecule has 1 aliphatic carbocycles. The van der Waals surface area contributed by atoms with Gasteiger partial charge in [0.15, 0.2) is 5.82 Å². The van der Waals surface area contributed by atoms with E-state index >= 15 is 0 Å². The summed E-state index contributed by atoms with van der Waals surface area (Å²) < 4.78 is 0. The number of nitrogens with zero attached hydrogens (tertiary/aromatic N) is 6. The molecule has 0 bridgehead atoms. The Morgan fingerprint density at radius 2 is 2.00 bits per heavy atom. The normalized spacial score (nSPS) is 22.9. The molecule has 2 aromatic rings. The summed E-state index contributed by atoms with van der Waals surface area (Å²) in [6.45, 7) is 16.6. The van der Waals surface area contributed by atoms with Crippen LogP contribution in [0, 0.1) is 16.7 Å². The number of nitrogens with two attached hydrogens (primary N) is 1. The highest BCUT2D eigenvalue weighted by Gasteiger charge is 2.31. The summed E-state index contributed by atoms with van der Waals surface area (Å²) in [5.41, 5.74) is 12.8. The van der Waals surface area contributed by atoms with Crippen LogP contribution < -0.4 is 10.6 Å². The molecule has 0 aromatic carbocycles. The maximum absolute atomic E-state index is 9.97. The van der Waals surface area contributed by atoms with Crippen molar-refractivity contribution in [3.8, 4) is 6.07 Å². The number of hydrogen-bond acceptors (Lipinski definition) is 9. The number of aromatic nitrogens is 2. The number of nitrogen functional groups attached to an aromatic ring is 1. The molecule has 2 fully saturated rings. The lowest BCUT2D eigenvalue weighted by atomic mass is 9.78. The number of nitriles is 1. The fourth-order valence-electron chi connectivity index (χ4n) is 7.62. The van der Waals surface area contributed by atoms with Crippen molar-refractivity contribution in [2.45, 2.75) is 103 Å². The van der Waals surface area contributed by atoms with E-state index in [9.17, 15) is 10.7 Å². The number of piperazine rings is 1. The summed E-state index contributed by atoms with van der Waals surface area (Å²) >= 11 is 1.57. The zero-order valence-corrected chi connectivity index (χ0v) is 28.2. The van der Waals surface area contributed by atoms with Crippen LogP contribution in [0.3, 0.4) is 0 Å². The van der Waals surface area contributed by atoms with Gasteiger partial charge in [0.05, 0.1) is 5.56 Å². The van der Waals surface area contributed by atoms with Crippen LogP contribution in [0.5, 0.6) is 0 Å². The summed E-state index contributed by atoms with van der Waals surface area (Å²) in [6, 6.07) is 5.48. The van der Waals surface area contributed by atoms with Gasteiger partial charge in [0.25, 0.3) is 0 Å². The predicted molar refractivity (Wildman–Crippen MR) is 183 cm³/mol. The first-order valence-electron chi connectivity index (χ1n) is 16.5. The lowest BCUT2D eigenvalue weighted by Gasteiger charge is -2.42. The Balaban J connectivity index is 1.51. The molecule has 0 amide bonds. The van der Waals surface area contributed by atoms with E-state index in [4.69, 9.17) is 15.7 Å². The summed E-state index contributed by atoms with van der Waals surface area (Å²) in [7, 11) is 2.23. The number of anilines is 2. The topological polar surface area (TPSA) is 109 Å². The SMILES string of the molecule is C=C(C)N1CCN(c2cc(CC[C@@H]3CCCN3C)nc(C(=N)/C(CCC)=C(\C)[C@H]3CCCc4sc(N)c(C#N)c43)n2)C[C@@H]1C. The molecule has 9 heteroatoms. The van der Waals surface area contributed by atoms with Crippen LogP contribution in [0.1, 0.15) is 106 Å². The van der Waals surface area contributed by atoms with E-state index in [1.165, 1.54) is 23.3 Å². The van der Waals surface area contributed by atoms with E-state index in [-0.39, 0.29) is 5.92 Å². The van der Waals surface area contributed by atoms with Crippen LogP contribution in [0.25, 0.3) is 0 Å². The van der Waals surface area contributed by atoms with Gasteiger partial charge in [0, 0.05) is 60.0 Å². The van der Waals surface area contributed by atoms with Gasteiger partial charge < -0.3 is 20.4 Å². The van der Waals surface area contributed by atoms with Crippen LogP contribution in [-0.4, -0.2) is 70.8 Å². The highest BCUT2D eigenvalue weighted by molar-refractivity contribution is 7.16. The molecule has 2 aliphatic heterocycles. The average Bonchev–Trinajstić information content (AvgIpc) is 3.58. The molecule has 0 spiro atoms. The minimum atomic E-state index is 0.0977. The number of hydrogen-bond donors (Lipinski definition) is 2. The van der Waals surface area contributed by atoms with Gasteiger partial charge in [-0.05, 0) is 96.9 Å². The van der Waals surface area contributed by atoms with E-state index < -0.39 is 0 Å². The molecule has 236 valence electrons. The summed E-state index contributed by atoms with van der Waals surface area (Å²) in [5, 5.41) is 20.2. The third-order valence-electron chi connectivity index (χ3n) is 10.0. The first-order chi connectivity index (χ1) is 21.1. The standard InChI is InChI=1S/C35H50N8S/c1-7-10-28(24(5)27-12-8-13-30-32(27)29(20-36)34(38)44-30)33(37)35-39-25(14-15-26-11-9-16-41(26)6)19-31(40-35)42-17-18-43(22(2)3)23(4)21-42/h19,23,26-27,37H,2,7-18,21,38H2,1,3-6H3/b28-24+,37-33?/t23-,26-,27+/m0/s1. The van der Waals surface area contributed by atoms with Crippen molar-refractivity contribution in [3.05, 3.63) is 57.0 Å². The molecule has 5 rings (SSSR count). The Morgan fingerprint density at radius 3 is 2.66 bits per heavy atom. The first-order valence-corrected chi connectivity index (χ1v) is 17.3. The Kier molecular flexibility index (Phi) is 10.1. The zero-order chi connectivity index (χ0) is 31.5. The summed E-state index contributed by atoms with van der Waals surface area (Å²) in [4.78, 5) is 18.6. The van der Waals surface area contributed by atoms with E-state index in [2.05, 4.69) is 68.2 Å². The number of nitrogens with one attached hydrogen (secondary N) is 1. The molecule has 0 saturated carbocycles. The first kappa shape index (κ1) is 32.2. The van der Waals surface area contributed by atoms with Crippen molar-refractivity contribution in [2.75, 3.05) is 43.9 Å². The van der Waals surface area contributed by atoms with Crippen LogP contribution in [-0.2, 0) is 12.8 Å². The van der Waals surface area contributed by atoms with E-state index in [0.29, 0.717) is 34.2 Å². The van der Waals surface area contributed by atoms with Crippen LogP contribution >= 0.6 is 11.3 Å². The third kappa shape index (κ3) is 6.57. The quantitative estimate of drug-likeness (QED) is 0.288. The van der Waals surface area contributed by atoms with Crippen molar-refractivity contribution < 1.29 is 0 Å². The number of rotatable bonds is 10. The molecule has 0 radical (unpaired) electrons. The fraction of sp³-hybridized carbons (Fsp3) is 0.600. The van der Waals surface area contributed by atoms with Gasteiger partial charge in [-0.3, -0.25) is 5.41 Å². The molecule has 8 nitrogen and oxygen atoms in total. The van der Waals surface area contributed by atoms with E-state index in [1.54, 1.807) is 11.3 Å². The number of fused-ring (bicyclic) bond motifs is 1. The second-order valence-electron chi connectivity index (χ2n) is 13.1. The highest BCUT2D eigenvalue weighted by atomic mass is 32.1. The third-order valence-corrected chi connectivity index (χ3v) is 11.1. The molecule has 3 N–H and O–H groups in total. The van der Waals surface area contributed by atoms with E-state index in [1.807, 2.05) is 0 Å². The number of allylic oxidation sites excluding steroid dienone is 3. The Hall–Kier alpha value is -3.22. The monoisotopic (exact) mass is 614 g/mol. The van der Waals surface area contributed by atoms with Crippen molar-refractivity contribution in [2.24, 2.45) is 0 Å². The summed E-state index contributed by atoms with van der Waals surface area (Å²) in [5.74, 6) is 1.55. The van der Waals surface area contributed by atoms with Gasteiger partial charge in [-0.1, -0.05) is 25.5 Å².